The smallest absolute Gasteiger partial charge is 0.234 e. The van der Waals surface area contributed by atoms with Gasteiger partial charge < -0.3 is 5.11 Å². The largest absolute Gasteiger partial charge is 0.391 e. The molecule has 3 rings (SSSR count). The molecular formula is C19H31N5O. The van der Waals surface area contributed by atoms with Gasteiger partial charge in [-0.25, -0.2) is 9.97 Å². The number of piperazine rings is 1. The standard InChI is InChI=1S/C19H31N5O/c1-14-10-15(2)24-12-16(21-18(24)20-14)11-22-6-8-23(9-7-22)13-17(25)19(3,4)5/h10,12,17,25H,6-9,11,13H2,1-5H3. The van der Waals surface area contributed by atoms with E-state index in [1.165, 1.54) is 5.69 Å². The lowest BCUT2D eigenvalue weighted by atomic mass is 9.89. The molecule has 0 spiro atoms. The maximum absolute atomic E-state index is 10.3. The molecule has 3 heterocycles. The first-order valence-electron chi connectivity index (χ1n) is 9.17. The van der Waals surface area contributed by atoms with E-state index in [2.05, 4.69) is 64.1 Å². The highest BCUT2D eigenvalue weighted by atomic mass is 16.3. The van der Waals surface area contributed by atoms with Crippen LogP contribution in [0.1, 0.15) is 37.9 Å². The van der Waals surface area contributed by atoms with Gasteiger partial charge in [-0.15, -0.1) is 0 Å². The van der Waals surface area contributed by atoms with Crippen LogP contribution in [0.15, 0.2) is 12.3 Å². The molecule has 138 valence electrons. The fraction of sp³-hybridized carbons (Fsp3) is 0.684. The van der Waals surface area contributed by atoms with Crippen LogP contribution in [-0.2, 0) is 6.54 Å². The Hall–Kier alpha value is -1.50. The number of hydrogen-bond donors (Lipinski definition) is 1. The van der Waals surface area contributed by atoms with Crippen molar-refractivity contribution in [2.75, 3.05) is 32.7 Å². The zero-order valence-corrected chi connectivity index (χ0v) is 16.2. The second kappa shape index (κ2) is 7.02. The Labute approximate surface area is 150 Å². The van der Waals surface area contributed by atoms with Gasteiger partial charge >= 0.3 is 0 Å². The van der Waals surface area contributed by atoms with Gasteiger partial charge in [0.2, 0.25) is 5.78 Å². The molecule has 1 aliphatic rings. The highest BCUT2D eigenvalue weighted by Gasteiger charge is 2.26. The van der Waals surface area contributed by atoms with Crippen LogP contribution in [-0.4, -0.2) is 68.1 Å². The number of aryl methyl sites for hydroxylation is 2. The van der Waals surface area contributed by atoms with Crippen LogP contribution in [0.25, 0.3) is 5.78 Å². The third kappa shape index (κ3) is 4.37. The number of β-amino-alcohol motifs (C(OH)–C–C–N with tert-alkyl or cyclic N) is 1. The lowest BCUT2D eigenvalue weighted by Crippen LogP contribution is -2.49. The van der Waals surface area contributed by atoms with E-state index in [0.29, 0.717) is 0 Å². The molecule has 2 aromatic heterocycles. The first-order valence-corrected chi connectivity index (χ1v) is 9.17. The summed E-state index contributed by atoms with van der Waals surface area (Å²) in [5.74, 6) is 0.791. The molecule has 0 amide bonds. The molecule has 0 aromatic carbocycles. The maximum atomic E-state index is 10.3. The van der Waals surface area contributed by atoms with Crippen molar-refractivity contribution in [3.05, 3.63) is 29.3 Å². The van der Waals surface area contributed by atoms with E-state index in [4.69, 9.17) is 0 Å². The Bertz CT molecular complexity index is 725. The Morgan fingerprint density at radius 2 is 1.72 bits per heavy atom. The molecule has 1 fully saturated rings. The number of imidazole rings is 1. The van der Waals surface area contributed by atoms with Crippen LogP contribution in [0.2, 0.25) is 0 Å². The van der Waals surface area contributed by atoms with Crippen LogP contribution < -0.4 is 0 Å². The lowest BCUT2D eigenvalue weighted by molar-refractivity contribution is 0.0124. The van der Waals surface area contributed by atoms with Crippen molar-refractivity contribution in [3.8, 4) is 0 Å². The SMILES string of the molecule is Cc1cc(C)n2cc(CN3CCN(CC(O)C(C)(C)C)CC3)nc2n1. The van der Waals surface area contributed by atoms with Crippen LogP contribution in [0.4, 0.5) is 0 Å². The Balaban J connectivity index is 1.57. The van der Waals surface area contributed by atoms with Gasteiger partial charge in [0.1, 0.15) is 0 Å². The molecule has 25 heavy (non-hydrogen) atoms. The van der Waals surface area contributed by atoms with Gasteiger partial charge in [-0.2, -0.15) is 0 Å². The molecule has 1 aliphatic heterocycles. The molecule has 6 heteroatoms. The van der Waals surface area contributed by atoms with E-state index < -0.39 is 0 Å². The van der Waals surface area contributed by atoms with E-state index in [1.54, 1.807) is 0 Å². The average Bonchev–Trinajstić information content (AvgIpc) is 2.91. The van der Waals surface area contributed by atoms with Crippen molar-refractivity contribution in [1.29, 1.82) is 0 Å². The summed E-state index contributed by atoms with van der Waals surface area (Å²) in [5.41, 5.74) is 3.19. The normalized spacial score (nSPS) is 18.8. The van der Waals surface area contributed by atoms with Crippen LogP contribution in [0.3, 0.4) is 0 Å². The summed E-state index contributed by atoms with van der Waals surface area (Å²) >= 11 is 0. The topological polar surface area (TPSA) is 56.9 Å². The van der Waals surface area contributed by atoms with Gasteiger partial charge in [-0.3, -0.25) is 14.2 Å². The molecule has 1 unspecified atom stereocenters. The van der Waals surface area contributed by atoms with E-state index in [0.717, 1.165) is 56.4 Å². The van der Waals surface area contributed by atoms with E-state index in [1.807, 2.05) is 6.92 Å². The zero-order chi connectivity index (χ0) is 18.2. The summed E-state index contributed by atoms with van der Waals surface area (Å²) in [7, 11) is 0. The van der Waals surface area contributed by atoms with Gasteiger partial charge in [0, 0.05) is 56.9 Å². The minimum absolute atomic E-state index is 0.0589. The highest BCUT2D eigenvalue weighted by Crippen LogP contribution is 2.20. The Morgan fingerprint density at radius 3 is 2.36 bits per heavy atom. The summed E-state index contributed by atoms with van der Waals surface area (Å²) in [6.45, 7) is 16.0. The summed E-state index contributed by atoms with van der Waals surface area (Å²) < 4.78 is 2.07. The van der Waals surface area contributed by atoms with Crippen molar-refractivity contribution in [2.45, 2.75) is 47.3 Å². The van der Waals surface area contributed by atoms with Crippen molar-refractivity contribution in [2.24, 2.45) is 5.41 Å². The Kier molecular flexibility index (Phi) is 5.14. The van der Waals surface area contributed by atoms with Crippen LogP contribution in [0.5, 0.6) is 0 Å². The molecule has 1 N–H and O–H groups in total. The van der Waals surface area contributed by atoms with Gasteiger partial charge in [-0.05, 0) is 25.3 Å². The molecule has 0 radical (unpaired) electrons. The molecule has 6 nitrogen and oxygen atoms in total. The van der Waals surface area contributed by atoms with Crippen LogP contribution in [0, 0.1) is 19.3 Å². The molecular weight excluding hydrogens is 314 g/mol. The first kappa shape index (κ1) is 18.3. The second-order valence-electron chi connectivity index (χ2n) is 8.40. The predicted octanol–water partition coefficient (Wildman–Crippen LogP) is 1.87. The number of rotatable bonds is 4. The third-order valence-corrected chi connectivity index (χ3v) is 5.09. The number of fused-ring (bicyclic) bond motifs is 1. The fourth-order valence-corrected chi connectivity index (χ4v) is 3.27. The maximum Gasteiger partial charge on any atom is 0.234 e. The monoisotopic (exact) mass is 345 g/mol. The van der Waals surface area contributed by atoms with Crippen molar-refractivity contribution < 1.29 is 5.11 Å². The quantitative estimate of drug-likeness (QED) is 0.917. The summed E-state index contributed by atoms with van der Waals surface area (Å²) in [6.07, 6.45) is 1.82. The predicted molar refractivity (Wildman–Crippen MR) is 99.6 cm³/mol. The minimum Gasteiger partial charge on any atom is -0.391 e. The molecule has 0 bridgehead atoms. The van der Waals surface area contributed by atoms with Gasteiger partial charge in [0.15, 0.2) is 0 Å². The second-order valence-corrected chi connectivity index (χ2v) is 8.40. The van der Waals surface area contributed by atoms with Crippen LogP contribution >= 0.6 is 0 Å². The summed E-state index contributed by atoms with van der Waals surface area (Å²) in [6, 6.07) is 2.08. The number of aliphatic hydroxyl groups is 1. The molecule has 1 atom stereocenters. The number of nitrogens with zero attached hydrogens (tertiary/aromatic N) is 5. The molecule has 2 aromatic rings. The zero-order valence-electron chi connectivity index (χ0n) is 16.2. The Morgan fingerprint density at radius 1 is 1.08 bits per heavy atom. The lowest BCUT2D eigenvalue weighted by Gasteiger charge is -2.37. The minimum atomic E-state index is -0.283. The summed E-state index contributed by atoms with van der Waals surface area (Å²) in [5, 5.41) is 10.3. The van der Waals surface area contributed by atoms with Crippen molar-refractivity contribution in [3.63, 3.8) is 0 Å². The van der Waals surface area contributed by atoms with Crippen molar-refractivity contribution in [1.82, 2.24) is 24.2 Å². The first-order chi connectivity index (χ1) is 11.7. The highest BCUT2D eigenvalue weighted by molar-refractivity contribution is 5.34. The average molecular weight is 345 g/mol. The van der Waals surface area contributed by atoms with E-state index in [9.17, 15) is 5.11 Å². The van der Waals surface area contributed by atoms with Gasteiger partial charge in [0.25, 0.3) is 0 Å². The van der Waals surface area contributed by atoms with Crippen molar-refractivity contribution >= 4 is 5.78 Å². The van der Waals surface area contributed by atoms with E-state index in [-0.39, 0.29) is 11.5 Å². The van der Waals surface area contributed by atoms with E-state index >= 15 is 0 Å². The number of aliphatic hydroxyl groups excluding tert-OH is 1. The fourth-order valence-electron chi connectivity index (χ4n) is 3.27. The summed E-state index contributed by atoms with van der Waals surface area (Å²) in [4.78, 5) is 14.0. The number of aromatic nitrogens is 3. The molecule has 0 saturated carbocycles. The third-order valence-electron chi connectivity index (χ3n) is 5.09. The molecule has 1 saturated heterocycles. The molecule has 0 aliphatic carbocycles. The van der Waals surface area contributed by atoms with Gasteiger partial charge in [0.05, 0.1) is 11.8 Å². The number of hydrogen-bond acceptors (Lipinski definition) is 5. The van der Waals surface area contributed by atoms with Gasteiger partial charge in [-0.1, -0.05) is 20.8 Å².